The van der Waals surface area contributed by atoms with Crippen LogP contribution in [-0.2, 0) is 9.53 Å². The molecule has 5 nitrogen and oxygen atoms in total. The third-order valence-corrected chi connectivity index (χ3v) is 3.51. The quantitative estimate of drug-likeness (QED) is 0.643. The SMILES string of the molecule is CCOC(=O)C1C(=O)c2ccccc2OC1c1ccccn1. The van der Waals surface area contributed by atoms with Crippen LogP contribution >= 0.6 is 0 Å². The molecule has 0 bridgehead atoms. The Morgan fingerprint density at radius 2 is 2.00 bits per heavy atom. The fourth-order valence-corrected chi connectivity index (χ4v) is 2.52. The number of aromatic nitrogens is 1. The van der Waals surface area contributed by atoms with Crippen molar-refractivity contribution in [2.75, 3.05) is 6.61 Å². The maximum atomic E-state index is 12.7. The second kappa shape index (κ2) is 5.97. The standard InChI is InChI=1S/C17H15NO4/c1-2-21-17(20)14-15(19)11-7-3-4-9-13(11)22-16(14)12-8-5-6-10-18-12/h3-10,14,16H,2H2,1H3. The van der Waals surface area contributed by atoms with E-state index in [0.717, 1.165) is 0 Å². The van der Waals surface area contributed by atoms with Gasteiger partial charge in [0, 0.05) is 6.20 Å². The van der Waals surface area contributed by atoms with Crippen LogP contribution < -0.4 is 4.74 Å². The van der Waals surface area contributed by atoms with Gasteiger partial charge in [0.1, 0.15) is 5.75 Å². The van der Waals surface area contributed by atoms with Gasteiger partial charge in [0.2, 0.25) is 0 Å². The summed E-state index contributed by atoms with van der Waals surface area (Å²) in [4.78, 5) is 29.2. The molecule has 0 radical (unpaired) electrons. The summed E-state index contributed by atoms with van der Waals surface area (Å²) in [5, 5.41) is 0. The molecule has 1 aromatic heterocycles. The van der Waals surface area contributed by atoms with Gasteiger partial charge in [0.05, 0.1) is 17.9 Å². The van der Waals surface area contributed by atoms with Gasteiger partial charge >= 0.3 is 5.97 Å². The first-order valence-corrected chi connectivity index (χ1v) is 7.10. The van der Waals surface area contributed by atoms with E-state index in [-0.39, 0.29) is 12.4 Å². The highest BCUT2D eigenvalue weighted by molar-refractivity contribution is 6.11. The lowest BCUT2D eigenvalue weighted by atomic mass is 9.87. The van der Waals surface area contributed by atoms with Gasteiger partial charge in [-0.15, -0.1) is 0 Å². The zero-order valence-electron chi connectivity index (χ0n) is 12.1. The number of esters is 1. The Bertz CT molecular complexity index is 699. The van der Waals surface area contributed by atoms with Gasteiger partial charge < -0.3 is 9.47 Å². The average molecular weight is 297 g/mol. The minimum atomic E-state index is -1.04. The highest BCUT2D eigenvalue weighted by Crippen LogP contribution is 2.38. The smallest absolute Gasteiger partial charge is 0.321 e. The molecule has 0 N–H and O–H groups in total. The number of pyridine rings is 1. The molecule has 5 heteroatoms. The van der Waals surface area contributed by atoms with Crippen molar-refractivity contribution >= 4 is 11.8 Å². The maximum Gasteiger partial charge on any atom is 0.321 e. The highest BCUT2D eigenvalue weighted by atomic mass is 16.5. The normalized spacial score (nSPS) is 20.0. The van der Waals surface area contributed by atoms with E-state index < -0.39 is 18.0 Å². The lowest BCUT2D eigenvalue weighted by Gasteiger charge is -2.30. The van der Waals surface area contributed by atoms with E-state index >= 15 is 0 Å². The summed E-state index contributed by atoms with van der Waals surface area (Å²) in [5.74, 6) is -1.46. The molecule has 0 spiro atoms. The maximum absolute atomic E-state index is 12.7. The minimum Gasteiger partial charge on any atom is -0.482 e. The van der Waals surface area contributed by atoms with Crippen LogP contribution in [0.3, 0.4) is 0 Å². The number of fused-ring (bicyclic) bond motifs is 1. The molecule has 2 atom stereocenters. The van der Waals surface area contributed by atoms with Gasteiger partial charge in [-0.2, -0.15) is 0 Å². The van der Waals surface area contributed by atoms with Gasteiger partial charge in [0.25, 0.3) is 0 Å². The Morgan fingerprint density at radius 1 is 1.23 bits per heavy atom. The molecular weight excluding hydrogens is 282 g/mol. The van der Waals surface area contributed by atoms with Crippen LogP contribution in [0, 0.1) is 5.92 Å². The van der Waals surface area contributed by atoms with E-state index in [1.807, 2.05) is 0 Å². The molecule has 1 aliphatic rings. The number of hydrogen-bond acceptors (Lipinski definition) is 5. The minimum absolute atomic E-state index is 0.208. The summed E-state index contributed by atoms with van der Waals surface area (Å²) in [5.41, 5.74) is 0.927. The Labute approximate surface area is 127 Å². The molecule has 2 aromatic rings. The molecular formula is C17H15NO4. The molecule has 0 fully saturated rings. The number of Topliss-reactive ketones (excluding diaryl/α,β-unsaturated/α-hetero) is 1. The second-order valence-corrected chi connectivity index (χ2v) is 4.88. The summed E-state index contributed by atoms with van der Waals surface area (Å²) in [6.45, 7) is 1.91. The zero-order chi connectivity index (χ0) is 15.5. The topological polar surface area (TPSA) is 65.5 Å². The molecule has 22 heavy (non-hydrogen) atoms. The Kier molecular flexibility index (Phi) is 3.87. The number of ketones is 1. The Morgan fingerprint density at radius 3 is 2.73 bits per heavy atom. The first-order valence-electron chi connectivity index (χ1n) is 7.10. The van der Waals surface area contributed by atoms with Crippen LogP contribution in [0.2, 0.25) is 0 Å². The van der Waals surface area contributed by atoms with Crippen molar-refractivity contribution in [3.05, 3.63) is 59.9 Å². The summed E-state index contributed by atoms with van der Waals surface area (Å²) in [6.07, 6.45) is 0.828. The van der Waals surface area contributed by atoms with Gasteiger partial charge in [-0.05, 0) is 31.2 Å². The van der Waals surface area contributed by atoms with Crippen LogP contribution in [0.4, 0.5) is 0 Å². The molecule has 0 amide bonds. The van der Waals surface area contributed by atoms with Crippen molar-refractivity contribution in [1.82, 2.24) is 4.98 Å². The Hall–Kier alpha value is -2.69. The summed E-state index contributed by atoms with van der Waals surface area (Å²) >= 11 is 0. The monoisotopic (exact) mass is 297 g/mol. The third-order valence-electron chi connectivity index (χ3n) is 3.51. The zero-order valence-corrected chi connectivity index (χ0v) is 12.1. The predicted octanol–water partition coefficient (Wildman–Crippen LogP) is 2.58. The number of benzene rings is 1. The first-order chi connectivity index (χ1) is 10.7. The van der Waals surface area contributed by atoms with Gasteiger partial charge in [-0.1, -0.05) is 18.2 Å². The van der Waals surface area contributed by atoms with Crippen LogP contribution in [0.1, 0.15) is 29.1 Å². The molecule has 3 rings (SSSR count). The third kappa shape index (κ3) is 2.45. The molecule has 1 aromatic carbocycles. The number of carbonyl (C=O) groups excluding carboxylic acids is 2. The largest absolute Gasteiger partial charge is 0.482 e. The van der Waals surface area contributed by atoms with Crippen molar-refractivity contribution < 1.29 is 19.1 Å². The van der Waals surface area contributed by atoms with Gasteiger partial charge in [-0.3, -0.25) is 14.6 Å². The van der Waals surface area contributed by atoms with E-state index in [9.17, 15) is 9.59 Å². The summed E-state index contributed by atoms with van der Waals surface area (Å²) < 4.78 is 10.9. The van der Waals surface area contributed by atoms with Crippen LogP contribution in [-0.4, -0.2) is 23.3 Å². The fraction of sp³-hybridized carbons (Fsp3) is 0.235. The highest BCUT2D eigenvalue weighted by Gasteiger charge is 2.44. The lowest BCUT2D eigenvalue weighted by Crippen LogP contribution is -2.38. The van der Waals surface area contributed by atoms with Crippen molar-refractivity contribution in [2.24, 2.45) is 5.92 Å². The number of nitrogens with zero attached hydrogens (tertiary/aromatic N) is 1. The van der Waals surface area contributed by atoms with Crippen molar-refractivity contribution in [3.63, 3.8) is 0 Å². The first kappa shape index (κ1) is 14.3. The molecule has 0 saturated heterocycles. The molecule has 2 unspecified atom stereocenters. The van der Waals surface area contributed by atoms with Crippen LogP contribution in [0.15, 0.2) is 48.7 Å². The number of rotatable bonds is 3. The number of carbonyl (C=O) groups is 2. The molecule has 0 aliphatic carbocycles. The average Bonchev–Trinajstić information content (AvgIpc) is 2.55. The molecule has 0 saturated carbocycles. The Balaban J connectivity index is 2.06. The van der Waals surface area contributed by atoms with E-state index in [1.54, 1.807) is 55.6 Å². The number of para-hydroxylation sites is 1. The van der Waals surface area contributed by atoms with Crippen molar-refractivity contribution in [2.45, 2.75) is 13.0 Å². The molecule has 1 aliphatic heterocycles. The van der Waals surface area contributed by atoms with Gasteiger partial charge in [0.15, 0.2) is 17.8 Å². The second-order valence-electron chi connectivity index (χ2n) is 4.88. The van der Waals surface area contributed by atoms with Crippen molar-refractivity contribution in [1.29, 1.82) is 0 Å². The summed E-state index contributed by atoms with van der Waals surface area (Å²) in [7, 11) is 0. The van der Waals surface area contributed by atoms with Crippen LogP contribution in [0.5, 0.6) is 5.75 Å². The van der Waals surface area contributed by atoms with E-state index in [1.165, 1.54) is 0 Å². The van der Waals surface area contributed by atoms with E-state index in [4.69, 9.17) is 9.47 Å². The molecule has 112 valence electrons. The summed E-state index contributed by atoms with van der Waals surface area (Å²) in [6, 6.07) is 12.2. The van der Waals surface area contributed by atoms with Crippen molar-refractivity contribution in [3.8, 4) is 5.75 Å². The number of ether oxygens (including phenoxy) is 2. The van der Waals surface area contributed by atoms with Crippen LogP contribution in [0.25, 0.3) is 0 Å². The lowest BCUT2D eigenvalue weighted by molar-refractivity contribution is -0.149. The van der Waals surface area contributed by atoms with E-state index in [0.29, 0.717) is 17.0 Å². The predicted molar refractivity (Wildman–Crippen MR) is 78.5 cm³/mol. The fourth-order valence-electron chi connectivity index (χ4n) is 2.52. The van der Waals surface area contributed by atoms with Gasteiger partial charge in [-0.25, -0.2) is 0 Å². The molecule has 2 heterocycles. The number of hydrogen-bond donors (Lipinski definition) is 0. The van der Waals surface area contributed by atoms with E-state index in [2.05, 4.69) is 4.98 Å².